The fourth-order valence-electron chi connectivity index (χ4n) is 2.03. The van der Waals surface area contributed by atoms with Crippen molar-refractivity contribution >= 4 is 11.9 Å². The number of methoxy groups -OCH3 is 1. The normalized spacial score (nSPS) is 12.1. The average Bonchev–Trinajstić information content (AvgIpc) is 2.37. The Morgan fingerprint density at radius 3 is 2.43 bits per heavy atom. The minimum atomic E-state index is -0.105. The van der Waals surface area contributed by atoms with E-state index in [1.54, 1.807) is 7.11 Å². The van der Waals surface area contributed by atoms with Gasteiger partial charge in [-0.2, -0.15) is 15.0 Å². The van der Waals surface area contributed by atoms with Crippen molar-refractivity contribution in [3.05, 3.63) is 23.8 Å². The van der Waals surface area contributed by atoms with Gasteiger partial charge in [0.15, 0.2) is 5.82 Å². The van der Waals surface area contributed by atoms with Gasteiger partial charge in [-0.15, -0.1) is 0 Å². The van der Waals surface area contributed by atoms with Crippen molar-refractivity contribution < 1.29 is 9.47 Å². The van der Waals surface area contributed by atoms with E-state index in [9.17, 15) is 0 Å². The van der Waals surface area contributed by atoms with Gasteiger partial charge in [0.2, 0.25) is 11.9 Å². The molecule has 0 aliphatic carbocycles. The van der Waals surface area contributed by atoms with Crippen LogP contribution in [0.15, 0.2) is 18.2 Å². The zero-order chi connectivity index (χ0) is 15.4. The summed E-state index contributed by atoms with van der Waals surface area (Å²) < 4.78 is 11.0. The summed E-state index contributed by atoms with van der Waals surface area (Å²) in [5.74, 6) is 1.22. The third kappa shape index (κ3) is 3.57. The zero-order valence-electron chi connectivity index (χ0n) is 12.3. The van der Waals surface area contributed by atoms with Crippen molar-refractivity contribution in [1.82, 2.24) is 15.0 Å². The van der Waals surface area contributed by atoms with Gasteiger partial charge in [-0.1, -0.05) is 12.1 Å². The van der Waals surface area contributed by atoms with Crippen LogP contribution in [0.5, 0.6) is 5.75 Å². The quantitative estimate of drug-likeness (QED) is 0.856. The topological polar surface area (TPSA) is 109 Å². The molecule has 0 bridgehead atoms. The fraction of sp³-hybridized carbons (Fsp3) is 0.357. The number of benzene rings is 1. The predicted molar refractivity (Wildman–Crippen MR) is 80.8 cm³/mol. The van der Waals surface area contributed by atoms with Crippen LogP contribution in [0.1, 0.15) is 12.5 Å². The molecule has 0 spiro atoms. The van der Waals surface area contributed by atoms with Gasteiger partial charge < -0.3 is 20.9 Å². The minimum Gasteiger partial charge on any atom is -0.488 e. The van der Waals surface area contributed by atoms with Crippen LogP contribution in [0.4, 0.5) is 11.9 Å². The van der Waals surface area contributed by atoms with Crippen LogP contribution in [-0.2, 0) is 4.74 Å². The molecule has 0 aliphatic rings. The second-order valence-electron chi connectivity index (χ2n) is 4.71. The number of nitrogens with two attached hydrogens (primary N) is 2. The Morgan fingerprint density at radius 2 is 1.81 bits per heavy atom. The van der Waals surface area contributed by atoms with Gasteiger partial charge in [-0.05, 0) is 25.5 Å². The Hall–Kier alpha value is -2.41. The molecule has 0 fully saturated rings. The van der Waals surface area contributed by atoms with Crippen molar-refractivity contribution in [3.63, 3.8) is 0 Å². The highest BCUT2D eigenvalue weighted by molar-refractivity contribution is 5.69. The third-order valence-corrected chi connectivity index (χ3v) is 2.86. The maximum absolute atomic E-state index is 5.89. The molecule has 21 heavy (non-hydrogen) atoms. The number of rotatable bonds is 5. The molecule has 0 saturated heterocycles. The van der Waals surface area contributed by atoms with Gasteiger partial charge >= 0.3 is 0 Å². The molecular weight excluding hydrogens is 270 g/mol. The lowest BCUT2D eigenvalue weighted by Gasteiger charge is -2.17. The first-order valence-corrected chi connectivity index (χ1v) is 6.54. The van der Waals surface area contributed by atoms with E-state index in [1.807, 2.05) is 32.0 Å². The molecule has 1 unspecified atom stereocenters. The first kappa shape index (κ1) is 15.0. The molecule has 4 N–H and O–H groups in total. The zero-order valence-corrected chi connectivity index (χ0v) is 12.3. The van der Waals surface area contributed by atoms with Crippen molar-refractivity contribution in [2.45, 2.75) is 20.0 Å². The molecule has 1 aromatic heterocycles. The first-order valence-electron chi connectivity index (χ1n) is 6.54. The lowest BCUT2D eigenvalue weighted by molar-refractivity contribution is 0.0924. The van der Waals surface area contributed by atoms with Gasteiger partial charge in [-0.25, -0.2) is 0 Å². The van der Waals surface area contributed by atoms with Gasteiger partial charge in [0.05, 0.1) is 12.2 Å². The summed E-state index contributed by atoms with van der Waals surface area (Å²) in [4.78, 5) is 12.1. The van der Waals surface area contributed by atoms with Crippen LogP contribution in [-0.4, -0.2) is 34.8 Å². The van der Waals surface area contributed by atoms with Crippen molar-refractivity contribution in [3.8, 4) is 17.1 Å². The number of aryl methyl sites for hydroxylation is 1. The summed E-state index contributed by atoms with van der Waals surface area (Å²) in [6, 6.07) is 5.70. The van der Waals surface area contributed by atoms with E-state index < -0.39 is 0 Å². The van der Waals surface area contributed by atoms with E-state index in [4.69, 9.17) is 20.9 Å². The largest absolute Gasteiger partial charge is 0.488 e. The van der Waals surface area contributed by atoms with Crippen LogP contribution >= 0.6 is 0 Å². The number of hydrogen-bond acceptors (Lipinski definition) is 7. The molecule has 0 amide bonds. The minimum absolute atomic E-state index is 0.0802. The molecule has 2 aromatic rings. The van der Waals surface area contributed by atoms with Crippen molar-refractivity contribution in [1.29, 1.82) is 0 Å². The first-order chi connectivity index (χ1) is 10.0. The Balaban J connectivity index is 2.46. The number of hydrogen-bond donors (Lipinski definition) is 2. The average molecular weight is 289 g/mol. The second-order valence-corrected chi connectivity index (χ2v) is 4.71. The van der Waals surface area contributed by atoms with Crippen molar-refractivity contribution in [2.24, 2.45) is 0 Å². The third-order valence-electron chi connectivity index (χ3n) is 2.86. The van der Waals surface area contributed by atoms with Crippen LogP contribution < -0.4 is 16.2 Å². The maximum atomic E-state index is 5.89. The van der Waals surface area contributed by atoms with Crippen LogP contribution in [0.25, 0.3) is 11.4 Å². The Kier molecular flexibility index (Phi) is 4.54. The summed E-state index contributed by atoms with van der Waals surface area (Å²) in [6.07, 6.45) is -0.105. The van der Waals surface area contributed by atoms with E-state index in [-0.39, 0.29) is 18.0 Å². The monoisotopic (exact) mass is 289 g/mol. The second kappa shape index (κ2) is 6.36. The van der Waals surface area contributed by atoms with Gasteiger partial charge in [0, 0.05) is 7.11 Å². The van der Waals surface area contributed by atoms with Crippen LogP contribution in [0, 0.1) is 6.92 Å². The van der Waals surface area contributed by atoms with E-state index in [0.29, 0.717) is 18.2 Å². The molecule has 1 heterocycles. The lowest BCUT2D eigenvalue weighted by Crippen LogP contribution is -2.18. The highest BCUT2D eigenvalue weighted by Crippen LogP contribution is 2.32. The van der Waals surface area contributed by atoms with Crippen LogP contribution in [0.2, 0.25) is 0 Å². The molecule has 7 nitrogen and oxygen atoms in total. The van der Waals surface area contributed by atoms with E-state index in [2.05, 4.69) is 15.0 Å². The number of nitrogens with zero attached hydrogens (tertiary/aromatic N) is 3. The summed E-state index contributed by atoms with van der Waals surface area (Å²) >= 11 is 0. The summed E-state index contributed by atoms with van der Waals surface area (Å²) in [5, 5.41) is 0. The highest BCUT2D eigenvalue weighted by atomic mass is 16.5. The molecule has 1 aromatic carbocycles. The Bertz CT molecular complexity index is 613. The Morgan fingerprint density at radius 1 is 1.14 bits per heavy atom. The molecule has 0 saturated carbocycles. The molecule has 7 heteroatoms. The standard InChI is InChI=1S/C14H19N5O2/c1-8-5-4-6-10(21-9(2)7-20-3)11(8)12-17-13(15)19-14(16)18-12/h4-6,9H,7H2,1-3H3,(H4,15,16,17,18,19). The number of aromatic nitrogens is 3. The molecule has 0 radical (unpaired) electrons. The van der Waals surface area contributed by atoms with E-state index in [1.165, 1.54) is 0 Å². The summed E-state index contributed by atoms with van der Waals surface area (Å²) in [5.41, 5.74) is 13.0. The molecule has 2 rings (SSSR count). The molecule has 112 valence electrons. The summed E-state index contributed by atoms with van der Waals surface area (Å²) in [7, 11) is 1.63. The predicted octanol–water partition coefficient (Wildman–Crippen LogP) is 1.43. The fourth-order valence-corrected chi connectivity index (χ4v) is 2.03. The van der Waals surface area contributed by atoms with E-state index >= 15 is 0 Å². The summed E-state index contributed by atoms with van der Waals surface area (Å²) in [6.45, 7) is 4.35. The lowest BCUT2D eigenvalue weighted by atomic mass is 10.1. The van der Waals surface area contributed by atoms with Gasteiger partial charge in [0.1, 0.15) is 11.9 Å². The van der Waals surface area contributed by atoms with Gasteiger partial charge in [-0.3, -0.25) is 0 Å². The SMILES string of the molecule is COCC(C)Oc1cccc(C)c1-c1nc(N)nc(N)n1. The maximum Gasteiger partial charge on any atom is 0.225 e. The molecule has 1 atom stereocenters. The molecule has 0 aliphatic heterocycles. The van der Waals surface area contributed by atoms with Crippen LogP contribution in [0.3, 0.4) is 0 Å². The van der Waals surface area contributed by atoms with E-state index in [0.717, 1.165) is 11.1 Å². The number of anilines is 2. The molecular formula is C14H19N5O2. The Labute approximate surface area is 123 Å². The van der Waals surface area contributed by atoms with Crippen molar-refractivity contribution in [2.75, 3.05) is 25.2 Å². The highest BCUT2D eigenvalue weighted by Gasteiger charge is 2.16. The van der Waals surface area contributed by atoms with Gasteiger partial charge in [0.25, 0.3) is 0 Å². The smallest absolute Gasteiger partial charge is 0.225 e. The number of ether oxygens (including phenoxy) is 2. The number of nitrogen functional groups attached to an aromatic ring is 2.